The van der Waals surface area contributed by atoms with Crippen molar-refractivity contribution in [3.63, 3.8) is 0 Å². The fourth-order valence-electron chi connectivity index (χ4n) is 4.55. The lowest BCUT2D eigenvalue weighted by atomic mass is 9.88. The van der Waals surface area contributed by atoms with Crippen molar-refractivity contribution in [3.05, 3.63) is 58.7 Å². The van der Waals surface area contributed by atoms with Crippen LogP contribution in [0, 0.1) is 13.8 Å². The van der Waals surface area contributed by atoms with Crippen molar-refractivity contribution in [2.45, 2.75) is 46.2 Å². The number of rotatable bonds is 1. The summed E-state index contributed by atoms with van der Waals surface area (Å²) in [5.41, 5.74) is 4.84. The molecule has 2 unspecified atom stereocenters. The smallest absolute Gasteiger partial charge is 0.300 e. The van der Waals surface area contributed by atoms with Crippen LogP contribution in [0.2, 0.25) is 0 Å². The first-order chi connectivity index (χ1) is 12.8. The molecule has 2 aromatic rings. The van der Waals surface area contributed by atoms with Crippen LogP contribution in [0.25, 0.3) is 0 Å². The van der Waals surface area contributed by atoms with E-state index in [9.17, 15) is 14.4 Å². The van der Waals surface area contributed by atoms with Gasteiger partial charge in [-0.2, -0.15) is 0 Å². The summed E-state index contributed by atoms with van der Waals surface area (Å²) >= 11 is 0. The zero-order chi connectivity index (χ0) is 19.5. The summed E-state index contributed by atoms with van der Waals surface area (Å²) in [6, 6.07) is 11.0. The largest absolute Gasteiger partial charge is 0.309 e. The van der Waals surface area contributed by atoms with Crippen molar-refractivity contribution in [2.75, 3.05) is 9.80 Å². The number of amides is 2. The summed E-state index contributed by atoms with van der Waals surface area (Å²) in [6.07, 6.45) is 0.586. The van der Waals surface area contributed by atoms with Gasteiger partial charge in [-0.05, 0) is 49.9 Å². The maximum absolute atomic E-state index is 12.9. The molecule has 138 valence electrons. The summed E-state index contributed by atoms with van der Waals surface area (Å²) in [7, 11) is 0. The van der Waals surface area contributed by atoms with Crippen LogP contribution in [0.15, 0.2) is 36.4 Å². The van der Waals surface area contributed by atoms with Crippen LogP contribution >= 0.6 is 0 Å². The highest BCUT2D eigenvalue weighted by Crippen LogP contribution is 2.47. The second-order valence-electron chi connectivity index (χ2n) is 7.48. The summed E-state index contributed by atoms with van der Waals surface area (Å²) in [5, 5.41) is 0. The maximum Gasteiger partial charge on any atom is 0.300 e. The zero-order valence-corrected chi connectivity index (χ0v) is 15.9. The normalized spacial score (nSPS) is 21.3. The number of benzene rings is 2. The number of hydrogen-bond acceptors (Lipinski definition) is 3. The minimum absolute atomic E-state index is 0.0168. The molecule has 0 spiro atoms. The Morgan fingerprint density at radius 3 is 2.30 bits per heavy atom. The quantitative estimate of drug-likeness (QED) is 0.727. The Kier molecular flexibility index (Phi) is 3.91. The average molecular weight is 362 g/mol. The van der Waals surface area contributed by atoms with E-state index in [1.165, 1.54) is 0 Å². The van der Waals surface area contributed by atoms with E-state index in [4.69, 9.17) is 0 Å². The van der Waals surface area contributed by atoms with E-state index in [0.29, 0.717) is 17.7 Å². The Hall–Kier alpha value is -2.95. The van der Waals surface area contributed by atoms with Gasteiger partial charge in [-0.25, -0.2) is 0 Å². The number of carbonyl (C=O) groups excluding carboxylic acids is 3. The number of nitrogens with zero attached hydrogens (tertiary/aromatic N) is 2. The highest BCUT2D eigenvalue weighted by atomic mass is 16.2. The lowest BCUT2D eigenvalue weighted by Gasteiger charge is -2.43. The van der Waals surface area contributed by atoms with E-state index in [-0.39, 0.29) is 18.0 Å². The Morgan fingerprint density at radius 1 is 1.00 bits per heavy atom. The molecule has 0 N–H and O–H groups in total. The molecular weight excluding hydrogens is 340 g/mol. The van der Waals surface area contributed by atoms with E-state index >= 15 is 0 Å². The molecule has 0 saturated heterocycles. The van der Waals surface area contributed by atoms with Crippen LogP contribution in [0.4, 0.5) is 11.4 Å². The standard InChI is InChI=1S/C22H22N2O3/c1-12-7-5-9-16-18(11-14(3)23(15(4)25)19(12)16)24-20-13(2)8-6-10-17(20)21(26)22(24)27/h5-10,14,18H,11H2,1-4H3. The molecule has 0 aromatic heterocycles. The molecule has 0 fully saturated rings. The monoisotopic (exact) mass is 362 g/mol. The summed E-state index contributed by atoms with van der Waals surface area (Å²) < 4.78 is 0. The predicted octanol–water partition coefficient (Wildman–Crippen LogP) is 3.72. The molecule has 2 aliphatic rings. The zero-order valence-electron chi connectivity index (χ0n) is 15.9. The van der Waals surface area contributed by atoms with Crippen LogP contribution in [-0.2, 0) is 9.59 Å². The van der Waals surface area contributed by atoms with Gasteiger partial charge in [0.1, 0.15) is 0 Å². The van der Waals surface area contributed by atoms with Crippen LogP contribution < -0.4 is 9.80 Å². The van der Waals surface area contributed by atoms with Gasteiger partial charge in [-0.1, -0.05) is 30.3 Å². The SMILES string of the molecule is CC(=O)N1c2c(C)cccc2C(N2C(=O)C(=O)c3cccc(C)c32)CC1C. The molecule has 27 heavy (non-hydrogen) atoms. The van der Waals surface area contributed by atoms with Crippen molar-refractivity contribution in [3.8, 4) is 0 Å². The van der Waals surface area contributed by atoms with E-state index < -0.39 is 11.7 Å². The first-order valence-electron chi connectivity index (χ1n) is 9.19. The number of carbonyl (C=O) groups is 3. The molecule has 0 aliphatic carbocycles. The second kappa shape index (κ2) is 6.05. The fourth-order valence-corrected chi connectivity index (χ4v) is 4.55. The molecule has 2 heterocycles. The number of Topliss-reactive ketones (excluding diaryl/α,β-unsaturated/α-hetero) is 1. The summed E-state index contributed by atoms with van der Waals surface area (Å²) in [6.45, 7) is 7.45. The molecule has 0 bridgehead atoms. The van der Waals surface area contributed by atoms with Crippen LogP contribution in [0.5, 0.6) is 0 Å². The Bertz CT molecular complexity index is 995. The second-order valence-corrected chi connectivity index (χ2v) is 7.48. The molecule has 2 aromatic carbocycles. The van der Waals surface area contributed by atoms with Crippen molar-refractivity contribution in [1.82, 2.24) is 0 Å². The molecule has 5 nitrogen and oxygen atoms in total. The Labute approximate surface area is 158 Å². The minimum Gasteiger partial charge on any atom is -0.309 e. The average Bonchev–Trinajstić information content (AvgIpc) is 2.87. The van der Waals surface area contributed by atoms with Gasteiger partial charge in [-0.3, -0.25) is 19.3 Å². The fraction of sp³-hybridized carbons (Fsp3) is 0.318. The first-order valence-corrected chi connectivity index (χ1v) is 9.19. The Balaban J connectivity index is 1.93. The van der Waals surface area contributed by atoms with E-state index in [1.54, 1.807) is 17.9 Å². The molecule has 2 aliphatic heterocycles. The molecule has 0 radical (unpaired) electrons. The van der Waals surface area contributed by atoms with Crippen LogP contribution in [-0.4, -0.2) is 23.6 Å². The number of fused-ring (bicyclic) bond motifs is 2. The topological polar surface area (TPSA) is 57.7 Å². The number of para-hydroxylation sites is 2. The van der Waals surface area contributed by atoms with E-state index in [1.807, 2.05) is 56.0 Å². The number of anilines is 2. The third kappa shape index (κ3) is 2.41. The third-order valence-corrected chi connectivity index (χ3v) is 5.66. The van der Waals surface area contributed by atoms with E-state index in [2.05, 4.69) is 0 Å². The summed E-state index contributed by atoms with van der Waals surface area (Å²) in [4.78, 5) is 41.3. The number of aryl methyl sites for hydroxylation is 2. The lowest BCUT2D eigenvalue weighted by molar-refractivity contribution is -0.117. The van der Waals surface area contributed by atoms with Gasteiger partial charge < -0.3 is 4.90 Å². The van der Waals surface area contributed by atoms with E-state index in [0.717, 1.165) is 22.4 Å². The summed E-state index contributed by atoms with van der Waals surface area (Å²) in [5.74, 6) is -0.957. The van der Waals surface area contributed by atoms with Gasteiger partial charge in [0.05, 0.1) is 23.0 Å². The molecular formula is C22H22N2O3. The van der Waals surface area contributed by atoms with Gasteiger partial charge >= 0.3 is 0 Å². The number of ketones is 1. The van der Waals surface area contributed by atoms with Crippen molar-refractivity contribution >= 4 is 29.0 Å². The maximum atomic E-state index is 12.9. The molecule has 0 saturated carbocycles. The molecule has 2 atom stereocenters. The molecule has 2 amide bonds. The van der Waals surface area contributed by atoms with Gasteiger partial charge in [0, 0.05) is 13.0 Å². The van der Waals surface area contributed by atoms with Crippen LogP contribution in [0.3, 0.4) is 0 Å². The molecule has 5 heteroatoms. The van der Waals surface area contributed by atoms with Gasteiger partial charge in [0.15, 0.2) is 0 Å². The third-order valence-electron chi connectivity index (χ3n) is 5.66. The predicted molar refractivity (Wildman–Crippen MR) is 104 cm³/mol. The highest BCUT2D eigenvalue weighted by molar-refractivity contribution is 6.52. The van der Waals surface area contributed by atoms with Gasteiger partial charge in [0.2, 0.25) is 5.91 Å². The van der Waals surface area contributed by atoms with Gasteiger partial charge in [0.25, 0.3) is 11.7 Å². The van der Waals surface area contributed by atoms with Crippen molar-refractivity contribution in [2.24, 2.45) is 0 Å². The number of hydrogen-bond donors (Lipinski definition) is 0. The Morgan fingerprint density at radius 2 is 1.63 bits per heavy atom. The molecule has 4 rings (SSSR count). The van der Waals surface area contributed by atoms with Gasteiger partial charge in [-0.15, -0.1) is 0 Å². The van der Waals surface area contributed by atoms with Crippen molar-refractivity contribution in [1.29, 1.82) is 0 Å². The van der Waals surface area contributed by atoms with Crippen molar-refractivity contribution < 1.29 is 14.4 Å². The van der Waals surface area contributed by atoms with Crippen LogP contribution in [0.1, 0.15) is 53.4 Å². The highest BCUT2D eigenvalue weighted by Gasteiger charge is 2.45. The first kappa shape index (κ1) is 17.5. The lowest BCUT2D eigenvalue weighted by Crippen LogP contribution is -2.47. The minimum atomic E-state index is -0.486.